The Balaban J connectivity index is 1.63. The van der Waals surface area contributed by atoms with Gasteiger partial charge in [-0.25, -0.2) is 0 Å². The summed E-state index contributed by atoms with van der Waals surface area (Å²) in [4.78, 5) is 0. The fourth-order valence-electron chi connectivity index (χ4n) is 7.61. The molecule has 2 aliphatic heterocycles. The van der Waals surface area contributed by atoms with Crippen molar-refractivity contribution in [3.05, 3.63) is 0 Å². The molecule has 0 amide bonds. The molecule has 2 bridgehead atoms. The van der Waals surface area contributed by atoms with Crippen LogP contribution in [0.5, 0.6) is 0 Å². The fourth-order valence-corrected chi connectivity index (χ4v) is 8.13. The topological polar surface area (TPSA) is 49.0 Å². The van der Waals surface area contributed by atoms with Crippen molar-refractivity contribution in [2.75, 3.05) is 13.2 Å². The van der Waals surface area contributed by atoms with E-state index >= 15 is 0 Å². The van der Waals surface area contributed by atoms with Crippen molar-refractivity contribution in [2.24, 2.45) is 11.3 Å². The smallest absolute Gasteiger partial charge is 0.158 e. The van der Waals surface area contributed by atoms with Gasteiger partial charge >= 0.3 is 0 Å². The van der Waals surface area contributed by atoms with E-state index in [2.05, 4.69) is 35.2 Å². The monoisotopic (exact) mass is 455 g/mol. The average Bonchev–Trinajstić information content (AvgIpc) is 2.71. The fraction of sp³-hybridized carbons (Fsp3) is 1.00. The summed E-state index contributed by atoms with van der Waals surface area (Å²) in [7, 11) is 2.82. The van der Waals surface area contributed by atoms with E-state index in [-0.39, 0.29) is 29.2 Å². The molecule has 31 heavy (non-hydrogen) atoms. The third kappa shape index (κ3) is 5.66. The summed E-state index contributed by atoms with van der Waals surface area (Å²) in [6.07, 6.45) is 14.5. The first-order valence-corrected chi connectivity index (χ1v) is 13.5. The first-order valence-electron chi connectivity index (χ1n) is 12.9. The summed E-state index contributed by atoms with van der Waals surface area (Å²) < 4.78 is 25.9. The van der Waals surface area contributed by atoms with Gasteiger partial charge in [0.05, 0.1) is 11.2 Å². The maximum absolute atomic E-state index is 6.97. The summed E-state index contributed by atoms with van der Waals surface area (Å²) in [5.41, 5.74) is -0.233. The van der Waals surface area contributed by atoms with Crippen LogP contribution in [0.25, 0.3) is 0 Å². The lowest BCUT2D eigenvalue weighted by atomic mass is 9.51. The second kappa shape index (κ2) is 10.2. The van der Waals surface area contributed by atoms with Crippen molar-refractivity contribution >= 4 is 9.39 Å². The number of hydrogen-bond acceptors (Lipinski definition) is 5. The van der Waals surface area contributed by atoms with Crippen LogP contribution in [0.1, 0.15) is 104 Å². The van der Waals surface area contributed by atoms with Crippen molar-refractivity contribution in [2.45, 2.75) is 134 Å². The van der Waals surface area contributed by atoms with Gasteiger partial charge in [-0.15, -0.1) is 0 Å². The molecule has 2 aliphatic carbocycles. The molecular formula is C25H46NO4P. The van der Waals surface area contributed by atoms with Crippen LogP contribution in [0, 0.1) is 11.3 Å². The normalized spacial score (nSPS) is 44.7. The number of ether oxygens (including phenoxy) is 4. The van der Waals surface area contributed by atoms with E-state index in [0.717, 1.165) is 64.6 Å². The third-order valence-corrected chi connectivity index (χ3v) is 8.57. The lowest BCUT2D eigenvalue weighted by Gasteiger charge is -2.62. The maximum atomic E-state index is 6.97. The van der Waals surface area contributed by atoms with Gasteiger partial charge in [0.25, 0.3) is 0 Å². The second-order valence-electron chi connectivity index (χ2n) is 11.4. The second-order valence-corrected chi connectivity index (χ2v) is 11.7. The van der Waals surface area contributed by atoms with Crippen LogP contribution in [0.2, 0.25) is 0 Å². The number of hydrogen-bond donors (Lipinski definition) is 1. The van der Waals surface area contributed by atoms with Gasteiger partial charge in [0.15, 0.2) is 12.6 Å². The lowest BCUT2D eigenvalue weighted by Crippen LogP contribution is -2.64. The Morgan fingerprint density at radius 1 is 0.968 bits per heavy atom. The zero-order chi connectivity index (χ0) is 22.0. The minimum absolute atomic E-state index is 0.0568. The zero-order valence-electron chi connectivity index (χ0n) is 20.1. The largest absolute Gasteiger partial charge is 0.353 e. The molecule has 4 rings (SSSR count). The molecule has 4 aliphatic rings. The Kier molecular flexibility index (Phi) is 8.04. The predicted molar refractivity (Wildman–Crippen MR) is 127 cm³/mol. The SMILES string of the molecule is CCCC(NP)C12CC(C)CC(OC3CCCCO3)(CC(C)(OC3CCCCO3)C1)C2. The number of fused-ring (bicyclic) bond motifs is 2. The van der Waals surface area contributed by atoms with E-state index in [1.807, 2.05) is 0 Å². The van der Waals surface area contributed by atoms with Crippen molar-refractivity contribution < 1.29 is 18.9 Å². The Bertz CT molecular complexity index is 578. The van der Waals surface area contributed by atoms with E-state index < -0.39 is 0 Å². The molecule has 8 unspecified atom stereocenters. The van der Waals surface area contributed by atoms with Gasteiger partial charge in [0.1, 0.15) is 0 Å². The highest BCUT2D eigenvalue weighted by Crippen LogP contribution is 2.61. The Morgan fingerprint density at radius 2 is 1.65 bits per heavy atom. The van der Waals surface area contributed by atoms with Gasteiger partial charge in [0.2, 0.25) is 0 Å². The van der Waals surface area contributed by atoms with Crippen LogP contribution in [-0.2, 0) is 18.9 Å². The summed E-state index contributed by atoms with van der Waals surface area (Å²) >= 11 is 0. The molecule has 8 atom stereocenters. The summed E-state index contributed by atoms with van der Waals surface area (Å²) in [5.74, 6) is 0.644. The summed E-state index contributed by atoms with van der Waals surface area (Å²) in [6.45, 7) is 8.71. The van der Waals surface area contributed by atoms with Gasteiger partial charge in [-0.1, -0.05) is 29.7 Å². The third-order valence-electron chi connectivity index (χ3n) is 8.16. The van der Waals surface area contributed by atoms with E-state index in [4.69, 9.17) is 18.9 Å². The molecule has 0 spiro atoms. The van der Waals surface area contributed by atoms with Gasteiger partial charge in [-0.05, 0) is 88.9 Å². The first-order chi connectivity index (χ1) is 14.9. The average molecular weight is 456 g/mol. The molecule has 5 nitrogen and oxygen atoms in total. The maximum Gasteiger partial charge on any atom is 0.158 e. The molecule has 2 heterocycles. The van der Waals surface area contributed by atoms with Crippen molar-refractivity contribution in [3.8, 4) is 0 Å². The standard InChI is InChI=1S/C25H46NO4P/c1-4-9-20(26-31)24-14-19(2)15-25(18-24,30-22-11-6-8-13-28-22)17-23(3,16-24)29-21-10-5-7-12-27-21/h19-22,26H,4-18,31H2,1-3H3. The van der Waals surface area contributed by atoms with Crippen LogP contribution >= 0.6 is 9.39 Å². The van der Waals surface area contributed by atoms with Crippen LogP contribution in [0.3, 0.4) is 0 Å². The molecule has 0 aromatic carbocycles. The minimum atomic E-state index is -0.234. The number of rotatable bonds is 8. The molecule has 2 saturated carbocycles. The minimum Gasteiger partial charge on any atom is -0.353 e. The van der Waals surface area contributed by atoms with Gasteiger partial charge in [-0.3, -0.25) is 5.09 Å². The Morgan fingerprint density at radius 3 is 2.23 bits per heavy atom. The van der Waals surface area contributed by atoms with Crippen molar-refractivity contribution in [1.29, 1.82) is 0 Å². The Hall–Kier alpha value is 0.230. The van der Waals surface area contributed by atoms with Crippen LogP contribution < -0.4 is 5.09 Å². The Labute approximate surface area is 192 Å². The molecule has 0 radical (unpaired) electrons. The molecule has 6 heteroatoms. The highest BCUT2D eigenvalue weighted by Gasteiger charge is 2.61. The van der Waals surface area contributed by atoms with Crippen LogP contribution in [0.4, 0.5) is 0 Å². The molecule has 0 aromatic heterocycles. The molecule has 4 fully saturated rings. The highest BCUT2D eigenvalue weighted by molar-refractivity contribution is 7.13. The quantitative estimate of drug-likeness (QED) is 0.475. The molecule has 1 N–H and O–H groups in total. The van der Waals surface area contributed by atoms with Crippen molar-refractivity contribution in [3.63, 3.8) is 0 Å². The van der Waals surface area contributed by atoms with Crippen molar-refractivity contribution in [1.82, 2.24) is 5.09 Å². The molecule has 0 aromatic rings. The molecule has 2 saturated heterocycles. The van der Waals surface area contributed by atoms with E-state index in [0.29, 0.717) is 12.0 Å². The van der Waals surface area contributed by atoms with E-state index in [9.17, 15) is 0 Å². The summed E-state index contributed by atoms with van der Waals surface area (Å²) in [5, 5.41) is 3.64. The van der Waals surface area contributed by atoms with Crippen LogP contribution in [0.15, 0.2) is 0 Å². The van der Waals surface area contributed by atoms with E-state index in [1.165, 1.54) is 32.1 Å². The van der Waals surface area contributed by atoms with Crippen LogP contribution in [-0.4, -0.2) is 43.0 Å². The van der Waals surface area contributed by atoms with E-state index in [1.54, 1.807) is 0 Å². The summed E-state index contributed by atoms with van der Waals surface area (Å²) in [6, 6.07) is 0.455. The predicted octanol–water partition coefficient (Wildman–Crippen LogP) is 5.72. The molecule has 180 valence electrons. The molecular weight excluding hydrogens is 409 g/mol. The number of nitrogens with one attached hydrogen (secondary N) is 1. The lowest BCUT2D eigenvalue weighted by molar-refractivity contribution is -0.307. The first kappa shape index (κ1) is 24.4. The van der Waals surface area contributed by atoms with Gasteiger partial charge in [0, 0.05) is 25.7 Å². The van der Waals surface area contributed by atoms with Gasteiger partial charge in [-0.2, -0.15) is 0 Å². The zero-order valence-corrected chi connectivity index (χ0v) is 21.3. The highest BCUT2D eigenvalue weighted by atomic mass is 31.0. The van der Waals surface area contributed by atoms with Gasteiger partial charge < -0.3 is 18.9 Å².